The average Bonchev–Trinajstić information content (AvgIpc) is 2.39. The first kappa shape index (κ1) is 12.2. The van der Waals surface area contributed by atoms with E-state index < -0.39 is 0 Å². The molecule has 0 amide bonds. The minimum absolute atomic E-state index is 0.0114. The highest BCUT2D eigenvalue weighted by Gasteiger charge is 2.25. The lowest BCUT2D eigenvalue weighted by atomic mass is 10.1. The van der Waals surface area contributed by atoms with Crippen LogP contribution in [0.5, 0.6) is 0 Å². The molecule has 1 aromatic carbocycles. The summed E-state index contributed by atoms with van der Waals surface area (Å²) in [6.07, 6.45) is 0.916. The number of nitrogens with one attached hydrogen (secondary N) is 1. The molecule has 1 aliphatic heterocycles. The molecule has 2 atom stereocenters. The molecular weight excluding hydrogens is 216 g/mol. The van der Waals surface area contributed by atoms with Crippen LogP contribution in [-0.4, -0.2) is 48.1 Å². The monoisotopic (exact) mass is 234 g/mol. The lowest BCUT2D eigenvalue weighted by molar-refractivity contribution is -0.111. The molecule has 2 N–H and O–H groups in total. The van der Waals surface area contributed by atoms with Crippen molar-refractivity contribution in [3.63, 3.8) is 0 Å². The number of aldehydes is 1. The van der Waals surface area contributed by atoms with E-state index in [0.29, 0.717) is 6.54 Å². The molecule has 0 saturated carbocycles. The van der Waals surface area contributed by atoms with Gasteiger partial charge >= 0.3 is 0 Å². The third-order valence-corrected chi connectivity index (χ3v) is 3.02. The van der Waals surface area contributed by atoms with Gasteiger partial charge in [-0.15, -0.1) is 0 Å². The fourth-order valence-electron chi connectivity index (χ4n) is 2.24. The zero-order valence-corrected chi connectivity index (χ0v) is 9.75. The third kappa shape index (κ3) is 3.36. The maximum Gasteiger partial charge on any atom is 0.138 e. The molecule has 0 radical (unpaired) electrons. The predicted octanol–water partition coefficient (Wildman–Crippen LogP) is 0.0202. The number of aliphatic hydroxyl groups is 1. The molecule has 0 bridgehead atoms. The van der Waals surface area contributed by atoms with Crippen molar-refractivity contribution in [2.75, 3.05) is 19.7 Å². The second-order valence-electron chi connectivity index (χ2n) is 4.47. The Morgan fingerprint density at radius 2 is 2.12 bits per heavy atom. The molecule has 92 valence electrons. The van der Waals surface area contributed by atoms with Crippen molar-refractivity contribution in [2.24, 2.45) is 0 Å². The number of rotatable bonds is 4. The molecule has 0 spiro atoms. The highest BCUT2D eigenvalue weighted by Crippen LogP contribution is 2.09. The van der Waals surface area contributed by atoms with E-state index in [2.05, 4.69) is 22.3 Å². The highest BCUT2D eigenvalue weighted by atomic mass is 16.3. The van der Waals surface area contributed by atoms with Gasteiger partial charge < -0.3 is 15.2 Å². The van der Waals surface area contributed by atoms with Gasteiger partial charge in [0.1, 0.15) is 6.29 Å². The first-order valence-electron chi connectivity index (χ1n) is 5.90. The van der Waals surface area contributed by atoms with E-state index in [-0.39, 0.29) is 18.7 Å². The first-order valence-corrected chi connectivity index (χ1v) is 5.90. The molecule has 2 unspecified atom stereocenters. The zero-order valence-electron chi connectivity index (χ0n) is 9.75. The molecule has 1 fully saturated rings. The minimum atomic E-state index is -0.176. The largest absolute Gasteiger partial charge is 0.395 e. The van der Waals surface area contributed by atoms with Gasteiger partial charge in [0, 0.05) is 25.7 Å². The molecule has 4 nitrogen and oxygen atoms in total. The number of benzene rings is 1. The summed E-state index contributed by atoms with van der Waals surface area (Å²) in [7, 11) is 0. The maximum absolute atomic E-state index is 10.8. The summed E-state index contributed by atoms with van der Waals surface area (Å²) in [5.74, 6) is 0. The Kier molecular flexibility index (Phi) is 4.25. The van der Waals surface area contributed by atoms with Gasteiger partial charge in [-0.25, -0.2) is 0 Å². The molecule has 17 heavy (non-hydrogen) atoms. The number of aliphatic hydroxyl groups excluding tert-OH is 1. The second-order valence-corrected chi connectivity index (χ2v) is 4.47. The number of carbonyl (C=O) groups excluding carboxylic acids is 1. The van der Waals surface area contributed by atoms with Crippen molar-refractivity contribution in [2.45, 2.75) is 18.6 Å². The Hall–Kier alpha value is -1.23. The van der Waals surface area contributed by atoms with Crippen molar-refractivity contribution in [3.8, 4) is 0 Å². The molecule has 2 rings (SSSR count). The van der Waals surface area contributed by atoms with E-state index in [1.165, 1.54) is 5.56 Å². The third-order valence-electron chi connectivity index (χ3n) is 3.02. The van der Waals surface area contributed by atoms with E-state index in [1.54, 1.807) is 0 Å². The minimum Gasteiger partial charge on any atom is -0.395 e. The van der Waals surface area contributed by atoms with Gasteiger partial charge in [-0.05, 0) is 5.56 Å². The maximum atomic E-state index is 10.8. The number of nitrogens with zero attached hydrogens (tertiary/aromatic N) is 1. The molecule has 4 heteroatoms. The first-order chi connectivity index (χ1) is 8.31. The number of carbonyl (C=O) groups is 1. The van der Waals surface area contributed by atoms with Gasteiger partial charge in [0.25, 0.3) is 0 Å². The summed E-state index contributed by atoms with van der Waals surface area (Å²) in [5.41, 5.74) is 1.23. The molecule has 1 aromatic rings. The SMILES string of the molecule is O=CC1CN(Cc2ccccc2)CC(CO)N1. The summed E-state index contributed by atoms with van der Waals surface area (Å²) < 4.78 is 0. The topological polar surface area (TPSA) is 52.6 Å². The summed E-state index contributed by atoms with van der Waals surface area (Å²) in [6, 6.07) is 9.98. The number of piperazine rings is 1. The summed E-state index contributed by atoms with van der Waals surface area (Å²) in [5, 5.41) is 12.3. The quantitative estimate of drug-likeness (QED) is 0.721. The second kappa shape index (κ2) is 5.91. The molecule has 1 aliphatic rings. The van der Waals surface area contributed by atoms with Crippen LogP contribution >= 0.6 is 0 Å². The Morgan fingerprint density at radius 1 is 1.35 bits per heavy atom. The Labute approximate surface area is 101 Å². The Morgan fingerprint density at radius 3 is 2.76 bits per heavy atom. The lowest BCUT2D eigenvalue weighted by Crippen LogP contribution is -2.58. The van der Waals surface area contributed by atoms with Crippen LogP contribution in [0.1, 0.15) is 5.56 Å². The van der Waals surface area contributed by atoms with Crippen LogP contribution in [0.25, 0.3) is 0 Å². The van der Waals surface area contributed by atoms with Gasteiger partial charge in [-0.1, -0.05) is 30.3 Å². The van der Waals surface area contributed by atoms with E-state index in [9.17, 15) is 9.90 Å². The van der Waals surface area contributed by atoms with Crippen LogP contribution in [0.3, 0.4) is 0 Å². The highest BCUT2D eigenvalue weighted by molar-refractivity contribution is 5.58. The standard InChI is InChI=1S/C13H18N2O2/c16-9-12-7-15(8-13(10-17)14-12)6-11-4-2-1-3-5-11/h1-5,9,12-14,17H,6-8,10H2. The van der Waals surface area contributed by atoms with E-state index in [1.807, 2.05) is 18.2 Å². The summed E-state index contributed by atoms with van der Waals surface area (Å²) >= 11 is 0. The van der Waals surface area contributed by atoms with Crippen molar-refractivity contribution < 1.29 is 9.90 Å². The van der Waals surface area contributed by atoms with E-state index in [0.717, 1.165) is 19.4 Å². The van der Waals surface area contributed by atoms with Crippen molar-refractivity contribution in [3.05, 3.63) is 35.9 Å². The fourth-order valence-corrected chi connectivity index (χ4v) is 2.24. The Balaban J connectivity index is 1.98. The van der Waals surface area contributed by atoms with Crippen LogP contribution in [0.2, 0.25) is 0 Å². The molecule has 0 aliphatic carbocycles. The molecule has 1 heterocycles. The molecule has 1 saturated heterocycles. The smallest absolute Gasteiger partial charge is 0.138 e. The van der Waals surface area contributed by atoms with Gasteiger partial charge in [-0.2, -0.15) is 0 Å². The van der Waals surface area contributed by atoms with E-state index >= 15 is 0 Å². The normalized spacial score (nSPS) is 25.7. The van der Waals surface area contributed by atoms with Gasteiger partial charge in [0.15, 0.2) is 0 Å². The number of hydrogen-bond acceptors (Lipinski definition) is 4. The molecular formula is C13H18N2O2. The van der Waals surface area contributed by atoms with Crippen molar-refractivity contribution in [1.82, 2.24) is 10.2 Å². The van der Waals surface area contributed by atoms with Crippen LogP contribution in [0.15, 0.2) is 30.3 Å². The van der Waals surface area contributed by atoms with Crippen molar-refractivity contribution >= 4 is 6.29 Å². The van der Waals surface area contributed by atoms with Crippen LogP contribution in [-0.2, 0) is 11.3 Å². The van der Waals surface area contributed by atoms with Crippen molar-refractivity contribution in [1.29, 1.82) is 0 Å². The van der Waals surface area contributed by atoms with Crippen LogP contribution in [0.4, 0.5) is 0 Å². The van der Waals surface area contributed by atoms with E-state index in [4.69, 9.17) is 0 Å². The summed E-state index contributed by atoms with van der Waals surface area (Å²) in [6.45, 7) is 2.36. The Bertz CT molecular complexity index is 356. The van der Waals surface area contributed by atoms with Gasteiger partial charge in [0.05, 0.1) is 12.6 Å². The average molecular weight is 234 g/mol. The lowest BCUT2D eigenvalue weighted by Gasteiger charge is -2.36. The molecule has 0 aromatic heterocycles. The zero-order chi connectivity index (χ0) is 12.1. The van der Waals surface area contributed by atoms with Crippen LogP contribution in [0, 0.1) is 0 Å². The fraction of sp³-hybridized carbons (Fsp3) is 0.462. The number of hydrogen-bond donors (Lipinski definition) is 2. The van der Waals surface area contributed by atoms with Gasteiger partial charge in [0.2, 0.25) is 0 Å². The predicted molar refractivity (Wildman–Crippen MR) is 65.6 cm³/mol. The van der Waals surface area contributed by atoms with Gasteiger partial charge in [-0.3, -0.25) is 4.90 Å². The summed E-state index contributed by atoms with van der Waals surface area (Å²) in [4.78, 5) is 13.0. The van der Waals surface area contributed by atoms with Crippen LogP contribution < -0.4 is 5.32 Å².